The van der Waals surface area contributed by atoms with Crippen molar-refractivity contribution in [2.75, 3.05) is 38.5 Å². The summed E-state index contributed by atoms with van der Waals surface area (Å²) in [5.74, 6) is -0.544. The van der Waals surface area contributed by atoms with Crippen LogP contribution in [0.2, 0.25) is 0 Å². The Morgan fingerprint density at radius 3 is 2.79 bits per heavy atom. The number of pyridine rings is 1. The summed E-state index contributed by atoms with van der Waals surface area (Å²) in [4.78, 5) is 18.7. The maximum absolute atomic E-state index is 14.7. The molecular weight excluding hydrogens is 512 g/mol. The zero-order valence-corrected chi connectivity index (χ0v) is 22.2. The third kappa shape index (κ3) is 6.95. The van der Waals surface area contributed by atoms with Crippen LogP contribution in [0.1, 0.15) is 31.2 Å². The number of fused-ring (bicyclic) bond motifs is 1. The van der Waals surface area contributed by atoms with Gasteiger partial charge in [-0.25, -0.2) is 9.37 Å². The number of piperidine rings is 2. The highest BCUT2D eigenvalue weighted by Gasteiger charge is 2.35. The van der Waals surface area contributed by atoms with E-state index in [1.54, 1.807) is 36.4 Å². The number of hydrogen-bond acceptors (Lipinski definition) is 6. The van der Waals surface area contributed by atoms with Gasteiger partial charge in [-0.3, -0.25) is 4.79 Å². The highest BCUT2D eigenvalue weighted by Crippen LogP contribution is 2.37. The Morgan fingerprint density at radius 2 is 2.10 bits per heavy atom. The lowest BCUT2D eigenvalue weighted by Crippen LogP contribution is -2.54. The zero-order valence-electron chi connectivity index (χ0n) is 22.2. The molecule has 11 heteroatoms. The number of nitrogens with two attached hydrogens (primary N) is 1. The van der Waals surface area contributed by atoms with Crippen LogP contribution in [0.25, 0.3) is 22.4 Å². The molecule has 2 aliphatic rings. The summed E-state index contributed by atoms with van der Waals surface area (Å²) in [6.07, 6.45) is -1.37. The van der Waals surface area contributed by atoms with Crippen molar-refractivity contribution in [1.82, 2.24) is 20.5 Å². The van der Waals surface area contributed by atoms with E-state index in [9.17, 15) is 22.4 Å². The molecule has 3 heterocycles. The number of likely N-dealkylation sites (tertiary alicyclic amines) is 1. The van der Waals surface area contributed by atoms with E-state index in [1.165, 1.54) is 0 Å². The molecule has 4 rings (SSSR count). The van der Waals surface area contributed by atoms with Gasteiger partial charge in [0.15, 0.2) is 0 Å². The number of carbonyl (C=O) groups is 1. The fraction of sp³-hybridized carbons (Fsp3) is 0.500. The molecular formula is C28H36F4N6O. The summed E-state index contributed by atoms with van der Waals surface area (Å²) in [6, 6.07) is 6.10. The normalized spacial score (nSPS) is 26.6. The summed E-state index contributed by atoms with van der Waals surface area (Å²) in [5.41, 5.74) is 5.57. The molecule has 0 aliphatic carbocycles. The lowest BCUT2D eigenvalue weighted by molar-refractivity contribution is -0.125. The molecule has 5 atom stereocenters. The topological polar surface area (TPSA) is 95.3 Å². The van der Waals surface area contributed by atoms with Crippen LogP contribution in [0.3, 0.4) is 0 Å². The smallest absolute Gasteiger partial charge is 0.379 e. The van der Waals surface area contributed by atoms with Crippen LogP contribution in [-0.2, 0) is 4.79 Å². The quantitative estimate of drug-likeness (QED) is 0.394. The van der Waals surface area contributed by atoms with E-state index in [0.29, 0.717) is 37.0 Å². The third-order valence-corrected chi connectivity index (χ3v) is 7.46. The predicted octanol–water partition coefficient (Wildman–Crippen LogP) is 3.72. The summed E-state index contributed by atoms with van der Waals surface area (Å²) >= 11 is 0. The molecule has 1 aromatic carbocycles. The Labute approximate surface area is 225 Å². The van der Waals surface area contributed by atoms with Crippen LogP contribution in [0.4, 0.5) is 23.2 Å². The van der Waals surface area contributed by atoms with E-state index in [1.807, 2.05) is 18.9 Å². The second kappa shape index (κ2) is 12.0. The highest BCUT2D eigenvalue weighted by molar-refractivity contribution is 6.00. The number of nitrogens with one attached hydrogen (secondary N) is 3. The van der Waals surface area contributed by atoms with E-state index in [2.05, 4.69) is 27.5 Å². The molecule has 212 valence electrons. The van der Waals surface area contributed by atoms with E-state index in [0.717, 1.165) is 0 Å². The molecule has 2 fully saturated rings. The van der Waals surface area contributed by atoms with E-state index >= 15 is 0 Å². The monoisotopic (exact) mass is 548 g/mol. The Kier molecular flexibility index (Phi) is 8.93. The van der Waals surface area contributed by atoms with Gasteiger partial charge in [0.05, 0.1) is 28.9 Å². The lowest BCUT2D eigenvalue weighted by atomic mass is 9.90. The molecule has 7 nitrogen and oxygen atoms in total. The number of aromatic nitrogens is 1. The SMILES string of the molecule is C=C(c1nc(/C=C/CNC(=O)C2CNC(C)CC2N)cc2c(N[C@@H]3CCN(C)CC3F)cccc12)C(F)(F)F. The van der Waals surface area contributed by atoms with Gasteiger partial charge in [-0.2, -0.15) is 13.2 Å². The van der Waals surface area contributed by atoms with E-state index in [-0.39, 0.29) is 53.8 Å². The highest BCUT2D eigenvalue weighted by atomic mass is 19.4. The maximum Gasteiger partial charge on any atom is 0.417 e. The molecule has 5 N–H and O–H groups in total. The molecule has 2 aromatic rings. The molecule has 1 amide bonds. The van der Waals surface area contributed by atoms with Crippen molar-refractivity contribution in [3.8, 4) is 0 Å². The van der Waals surface area contributed by atoms with Crippen LogP contribution in [-0.4, -0.2) is 79.5 Å². The Balaban J connectivity index is 1.58. The number of hydrogen-bond donors (Lipinski definition) is 4. The summed E-state index contributed by atoms with van der Waals surface area (Å²) in [5, 5.41) is 10.0. The second-order valence-electron chi connectivity index (χ2n) is 10.6. The number of halogens is 4. The van der Waals surface area contributed by atoms with Gasteiger partial charge >= 0.3 is 6.18 Å². The second-order valence-corrected chi connectivity index (χ2v) is 10.6. The molecule has 4 unspecified atom stereocenters. The fourth-order valence-electron chi connectivity index (χ4n) is 5.18. The average molecular weight is 549 g/mol. The van der Waals surface area contributed by atoms with Crippen molar-refractivity contribution in [3.05, 3.63) is 48.3 Å². The number of benzene rings is 1. The number of amides is 1. The first-order valence-electron chi connectivity index (χ1n) is 13.2. The Bertz CT molecular complexity index is 1230. The van der Waals surface area contributed by atoms with Crippen molar-refractivity contribution < 1.29 is 22.4 Å². The van der Waals surface area contributed by atoms with Gasteiger partial charge in [0.25, 0.3) is 0 Å². The Hall–Kier alpha value is -3.02. The van der Waals surface area contributed by atoms with Gasteiger partial charge in [-0.1, -0.05) is 24.8 Å². The molecule has 39 heavy (non-hydrogen) atoms. The number of allylic oxidation sites excluding steroid dienone is 1. The van der Waals surface area contributed by atoms with Crippen molar-refractivity contribution in [2.45, 2.75) is 50.2 Å². The number of carbonyl (C=O) groups excluding carboxylic acids is 1. The van der Waals surface area contributed by atoms with E-state index < -0.39 is 24.0 Å². The lowest BCUT2D eigenvalue weighted by Gasteiger charge is -2.33. The van der Waals surface area contributed by atoms with Crippen molar-refractivity contribution in [2.24, 2.45) is 11.7 Å². The molecule has 2 saturated heterocycles. The predicted molar refractivity (Wildman–Crippen MR) is 147 cm³/mol. The Morgan fingerprint density at radius 1 is 1.33 bits per heavy atom. The van der Waals surface area contributed by atoms with Crippen LogP contribution in [0, 0.1) is 5.92 Å². The average Bonchev–Trinajstić information content (AvgIpc) is 2.87. The van der Waals surface area contributed by atoms with Crippen molar-refractivity contribution in [1.29, 1.82) is 0 Å². The standard InChI is InChI=1S/C28H36F4N6O/c1-16-12-23(33)21(14-35-16)27(39)34-10-5-6-18-13-20-19(26(36-18)17(2)28(30,31)32)7-4-8-24(20)37-25-9-11-38(3)15-22(25)29/h4-8,13,16,21-23,25,35,37H,2,9-12,14-15,33H2,1,3H3,(H,34,39)/b6-5+/t16?,21?,22?,23?,25-/m1/s1. The van der Waals surface area contributed by atoms with Gasteiger partial charge in [-0.15, -0.1) is 0 Å². The van der Waals surface area contributed by atoms with E-state index in [4.69, 9.17) is 5.73 Å². The third-order valence-electron chi connectivity index (χ3n) is 7.46. The molecule has 0 radical (unpaired) electrons. The minimum absolute atomic E-state index is 0.159. The molecule has 0 bridgehead atoms. The number of rotatable bonds is 7. The minimum atomic E-state index is -4.68. The van der Waals surface area contributed by atoms with Gasteiger partial charge in [0.1, 0.15) is 6.17 Å². The van der Waals surface area contributed by atoms with Gasteiger partial charge in [0.2, 0.25) is 5.91 Å². The minimum Gasteiger partial charge on any atom is -0.379 e. The summed E-state index contributed by atoms with van der Waals surface area (Å²) in [6.45, 7) is 6.91. The fourth-order valence-corrected chi connectivity index (χ4v) is 5.18. The van der Waals surface area contributed by atoms with Crippen LogP contribution in [0.5, 0.6) is 0 Å². The van der Waals surface area contributed by atoms with Gasteiger partial charge in [-0.05, 0) is 45.0 Å². The first kappa shape index (κ1) is 29.0. The molecule has 0 spiro atoms. The summed E-state index contributed by atoms with van der Waals surface area (Å²) < 4.78 is 55.8. The maximum atomic E-state index is 14.7. The first-order chi connectivity index (χ1) is 18.4. The van der Waals surface area contributed by atoms with Gasteiger partial charge < -0.3 is 26.6 Å². The molecule has 2 aliphatic heterocycles. The van der Waals surface area contributed by atoms with Crippen LogP contribution >= 0.6 is 0 Å². The zero-order chi connectivity index (χ0) is 28.3. The largest absolute Gasteiger partial charge is 0.417 e. The van der Waals surface area contributed by atoms with Gasteiger partial charge in [0, 0.05) is 54.7 Å². The first-order valence-corrected chi connectivity index (χ1v) is 13.2. The summed E-state index contributed by atoms with van der Waals surface area (Å²) in [7, 11) is 1.85. The van der Waals surface area contributed by atoms with Crippen LogP contribution in [0.15, 0.2) is 36.9 Å². The number of anilines is 1. The number of alkyl halides is 4. The van der Waals surface area contributed by atoms with Crippen molar-refractivity contribution in [3.63, 3.8) is 0 Å². The van der Waals surface area contributed by atoms with Crippen molar-refractivity contribution >= 4 is 34.0 Å². The molecule has 1 aromatic heterocycles. The number of nitrogens with zero attached hydrogens (tertiary/aromatic N) is 2. The molecule has 0 saturated carbocycles. The van der Waals surface area contributed by atoms with Crippen LogP contribution < -0.4 is 21.7 Å².